The second-order valence-corrected chi connectivity index (χ2v) is 5.64. The number of ether oxygens (including phenoxy) is 1. The maximum absolute atomic E-state index is 14.4. The van der Waals surface area contributed by atoms with Gasteiger partial charge in [0.05, 0.1) is 6.61 Å². The van der Waals surface area contributed by atoms with Crippen molar-refractivity contribution >= 4 is 10.0 Å². The van der Waals surface area contributed by atoms with Crippen LogP contribution in [0.2, 0.25) is 0 Å². The first-order valence-corrected chi connectivity index (χ1v) is 6.63. The molecule has 17 heavy (non-hydrogen) atoms. The van der Waals surface area contributed by atoms with Gasteiger partial charge in [-0.05, 0) is 5.92 Å². The minimum absolute atomic E-state index is 0.0319. The van der Waals surface area contributed by atoms with Crippen molar-refractivity contribution in [3.63, 3.8) is 0 Å². The Morgan fingerprint density at radius 1 is 1.35 bits per heavy atom. The van der Waals surface area contributed by atoms with Crippen LogP contribution in [-0.4, -0.2) is 15.0 Å². The van der Waals surface area contributed by atoms with Gasteiger partial charge in [-0.15, -0.1) is 5.14 Å². The van der Waals surface area contributed by atoms with Crippen molar-refractivity contribution in [3.8, 4) is 0 Å². The molecule has 0 aliphatic carbocycles. The van der Waals surface area contributed by atoms with Crippen LogP contribution < -0.4 is 5.14 Å². The third-order valence-corrected chi connectivity index (χ3v) is 3.11. The van der Waals surface area contributed by atoms with Gasteiger partial charge in [0.15, 0.2) is 0 Å². The molecule has 6 heteroatoms. The smallest absolute Gasteiger partial charge is 0.329 e. The summed E-state index contributed by atoms with van der Waals surface area (Å²) < 4.78 is 41.7. The predicted molar refractivity (Wildman–Crippen MR) is 62.0 cm³/mol. The van der Waals surface area contributed by atoms with Gasteiger partial charge in [0, 0.05) is 5.56 Å². The number of nitrogens with one attached hydrogen (secondary N) is 1. The van der Waals surface area contributed by atoms with Gasteiger partial charge in [-0.3, -0.25) is 0 Å². The summed E-state index contributed by atoms with van der Waals surface area (Å²) in [6.45, 7) is 3.45. The molecule has 0 bridgehead atoms. The number of rotatable bonds is 5. The highest BCUT2D eigenvalue weighted by atomic mass is 32.2. The Morgan fingerprint density at radius 3 is 2.29 bits per heavy atom. The van der Waals surface area contributed by atoms with Crippen molar-refractivity contribution in [2.75, 3.05) is 6.61 Å². The van der Waals surface area contributed by atoms with E-state index in [1.165, 1.54) is 24.3 Å². The average molecular weight is 260 g/mol. The number of alkyl halides is 1. The van der Waals surface area contributed by atoms with Crippen molar-refractivity contribution in [2.45, 2.75) is 19.0 Å². The molecule has 0 spiro atoms. The number of hydrogen-bond acceptors (Lipinski definition) is 3. The summed E-state index contributed by atoms with van der Waals surface area (Å²) in [7, 11) is -4.75. The normalized spacial score (nSPS) is 15.8. The minimum Gasteiger partial charge on any atom is -0.329 e. The summed E-state index contributed by atoms with van der Waals surface area (Å²) in [6.07, 6.45) is 0. The summed E-state index contributed by atoms with van der Waals surface area (Å²) in [5.74, 6) is -0.0319. The van der Waals surface area contributed by atoms with Gasteiger partial charge in [-0.25, -0.2) is 8.42 Å². The lowest BCUT2D eigenvalue weighted by Gasteiger charge is -2.24. The molecule has 0 fully saturated rings. The topological polar surface area (TPSA) is 67.2 Å². The molecule has 1 unspecified atom stereocenters. The van der Waals surface area contributed by atoms with E-state index in [-0.39, 0.29) is 18.1 Å². The Labute approximate surface area is 101 Å². The van der Waals surface area contributed by atoms with Crippen molar-refractivity contribution < 1.29 is 17.5 Å². The monoisotopic (exact) mass is 260 g/mol. The van der Waals surface area contributed by atoms with Crippen LogP contribution in [-0.2, 0) is 19.9 Å². The van der Waals surface area contributed by atoms with Gasteiger partial charge in [-0.2, -0.15) is 4.39 Å². The van der Waals surface area contributed by atoms with Crippen LogP contribution in [0.5, 0.6) is 0 Å². The predicted octanol–water partition coefficient (Wildman–Crippen LogP) is 2.05. The zero-order chi connectivity index (χ0) is 13.1. The summed E-state index contributed by atoms with van der Waals surface area (Å²) in [6, 6.07) is 7.18. The van der Waals surface area contributed by atoms with Crippen molar-refractivity contribution in [1.82, 2.24) is 5.14 Å². The number of sulfonamides is 1. The fraction of sp³-hybridized carbons (Fsp3) is 0.455. The lowest BCUT2D eigenvalue weighted by atomic mass is 10.2. The first kappa shape index (κ1) is 14.1. The fourth-order valence-corrected chi connectivity index (χ4v) is 1.90. The maximum Gasteiger partial charge on any atom is 0.352 e. The number of benzene rings is 1. The van der Waals surface area contributed by atoms with E-state index >= 15 is 0 Å². The number of halogens is 1. The standard InChI is InChI=1S/C11H15FNO3S/c1-9(2)8-16-11(12,17(13,14)15)10-6-4-3-5-7-10/h3-7,9,13H,8H2,1-2H3. The molecule has 1 radical (unpaired) electrons. The summed E-state index contributed by atoms with van der Waals surface area (Å²) >= 11 is 0. The van der Waals surface area contributed by atoms with Crippen LogP contribution in [0.1, 0.15) is 19.4 Å². The molecule has 1 rings (SSSR count). The highest BCUT2D eigenvalue weighted by Gasteiger charge is 2.46. The third-order valence-electron chi connectivity index (χ3n) is 2.07. The Bertz CT molecular complexity index is 461. The zero-order valence-corrected chi connectivity index (χ0v) is 10.5. The molecule has 1 aromatic carbocycles. The lowest BCUT2D eigenvalue weighted by Crippen LogP contribution is -2.36. The molecule has 0 heterocycles. The van der Waals surface area contributed by atoms with Crippen molar-refractivity contribution in [3.05, 3.63) is 35.9 Å². The van der Waals surface area contributed by atoms with E-state index < -0.39 is 15.2 Å². The quantitative estimate of drug-likeness (QED) is 0.813. The van der Waals surface area contributed by atoms with Crippen LogP contribution in [0.3, 0.4) is 0 Å². The van der Waals surface area contributed by atoms with Gasteiger partial charge < -0.3 is 4.74 Å². The second kappa shape index (κ2) is 5.12. The zero-order valence-electron chi connectivity index (χ0n) is 9.68. The first-order chi connectivity index (χ1) is 7.77. The molecule has 1 atom stereocenters. The van der Waals surface area contributed by atoms with Crippen LogP contribution in [0, 0.1) is 5.92 Å². The van der Waals surface area contributed by atoms with E-state index in [4.69, 9.17) is 9.88 Å². The first-order valence-electron chi connectivity index (χ1n) is 5.15. The average Bonchev–Trinajstić information content (AvgIpc) is 2.25. The van der Waals surface area contributed by atoms with Crippen LogP contribution in [0.4, 0.5) is 4.39 Å². The van der Waals surface area contributed by atoms with E-state index in [0.29, 0.717) is 0 Å². The number of hydrogen-bond donors (Lipinski definition) is 0. The van der Waals surface area contributed by atoms with Gasteiger partial charge >= 0.3 is 5.19 Å². The minimum atomic E-state index is -4.75. The highest BCUT2D eigenvalue weighted by Crippen LogP contribution is 2.33. The van der Waals surface area contributed by atoms with Crippen LogP contribution in [0.15, 0.2) is 30.3 Å². The molecular weight excluding hydrogens is 245 g/mol. The van der Waals surface area contributed by atoms with Crippen LogP contribution in [0.25, 0.3) is 0 Å². The highest BCUT2D eigenvalue weighted by molar-refractivity contribution is 7.89. The van der Waals surface area contributed by atoms with E-state index in [1.807, 2.05) is 0 Å². The summed E-state index contributed by atoms with van der Waals surface area (Å²) in [4.78, 5) is 0. The van der Waals surface area contributed by atoms with Gasteiger partial charge in [-0.1, -0.05) is 44.2 Å². The molecule has 95 valence electrons. The Balaban J connectivity index is 3.12. The summed E-state index contributed by atoms with van der Waals surface area (Å²) in [5.41, 5.74) is -0.185. The molecule has 0 saturated heterocycles. The molecule has 1 aromatic rings. The molecule has 0 amide bonds. The van der Waals surface area contributed by atoms with E-state index in [9.17, 15) is 12.8 Å². The Kier molecular flexibility index (Phi) is 4.24. The molecule has 0 aliphatic heterocycles. The van der Waals surface area contributed by atoms with Crippen molar-refractivity contribution in [1.29, 1.82) is 0 Å². The molecule has 0 aliphatic rings. The largest absolute Gasteiger partial charge is 0.352 e. The van der Waals surface area contributed by atoms with E-state index in [2.05, 4.69) is 0 Å². The summed E-state index contributed by atoms with van der Waals surface area (Å²) in [5, 5.41) is 3.84. The molecule has 4 nitrogen and oxygen atoms in total. The maximum atomic E-state index is 14.4. The van der Waals surface area contributed by atoms with Gasteiger partial charge in [0.1, 0.15) is 0 Å². The van der Waals surface area contributed by atoms with Crippen LogP contribution >= 0.6 is 0 Å². The molecular formula is C11H15FNO3S. The SMILES string of the molecule is CC(C)COC(F)(c1ccccc1)S([NH])(=O)=O. The Morgan fingerprint density at radius 2 is 1.88 bits per heavy atom. The van der Waals surface area contributed by atoms with Gasteiger partial charge in [0.25, 0.3) is 10.0 Å². The molecule has 0 aromatic heterocycles. The molecule has 0 saturated carbocycles. The lowest BCUT2D eigenvalue weighted by molar-refractivity contribution is -0.0924. The van der Waals surface area contributed by atoms with E-state index in [0.717, 1.165) is 0 Å². The van der Waals surface area contributed by atoms with Crippen molar-refractivity contribution in [2.24, 2.45) is 5.92 Å². The fourth-order valence-electron chi connectivity index (χ4n) is 1.23. The van der Waals surface area contributed by atoms with E-state index in [1.54, 1.807) is 19.9 Å². The Hall–Kier alpha value is -0.980. The molecule has 1 N–H and O–H groups in total. The third kappa shape index (κ3) is 3.24. The second-order valence-electron chi connectivity index (χ2n) is 4.11. The van der Waals surface area contributed by atoms with Gasteiger partial charge in [0.2, 0.25) is 0 Å².